The van der Waals surface area contributed by atoms with E-state index in [9.17, 15) is 9.59 Å². The van der Waals surface area contributed by atoms with E-state index in [-0.39, 0.29) is 18.5 Å². The molecule has 2 heterocycles. The summed E-state index contributed by atoms with van der Waals surface area (Å²) < 4.78 is 4.41. The van der Waals surface area contributed by atoms with Crippen LogP contribution in [0.3, 0.4) is 0 Å². The molecule has 1 saturated heterocycles. The molecule has 0 aromatic carbocycles. The molecule has 7 nitrogen and oxygen atoms in total. The van der Waals surface area contributed by atoms with Crippen LogP contribution >= 0.6 is 0 Å². The largest absolute Gasteiger partial charge is 0.453 e. The second-order valence-corrected chi connectivity index (χ2v) is 4.90. The van der Waals surface area contributed by atoms with Gasteiger partial charge in [0.25, 0.3) is 0 Å². The van der Waals surface area contributed by atoms with E-state index >= 15 is 0 Å². The average molecular weight is 326 g/mol. The minimum Gasteiger partial charge on any atom is -0.453 e. The number of aryl methyl sites for hydroxylation is 1. The fourth-order valence-corrected chi connectivity index (χ4v) is 1.89. The molecular weight excluding hydrogens is 296 g/mol. The number of amides is 2. The first-order chi connectivity index (χ1) is 11.0. The van der Waals surface area contributed by atoms with E-state index < -0.39 is 6.09 Å². The Kier molecular flexibility index (Phi) is 10.5. The molecule has 0 saturated carbocycles. The van der Waals surface area contributed by atoms with Crippen LogP contribution in [-0.2, 0) is 9.53 Å². The first kappa shape index (κ1) is 20.9. The third-order valence-corrected chi connectivity index (χ3v) is 2.95. The van der Waals surface area contributed by atoms with Crippen LogP contribution in [-0.4, -0.2) is 47.1 Å². The molecular formula is C16H30N4O3. The van der Waals surface area contributed by atoms with Crippen LogP contribution in [0, 0.1) is 6.92 Å². The number of carbonyl (C=O) groups excluding carboxylic acids is 2. The Morgan fingerprint density at radius 3 is 2.43 bits per heavy atom. The number of aromatic amines is 1. The Morgan fingerprint density at radius 1 is 1.43 bits per heavy atom. The molecule has 0 aliphatic carbocycles. The van der Waals surface area contributed by atoms with Gasteiger partial charge in [-0.2, -0.15) is 0 Å². The number of rotatable bonds is 3. The number of nitrogens with one attached hydrogen (secondary N) is 2. The van der Waals surface area contributed by atoms with E-state index in [1.165, 1.54) is 13.5 Å². The summed E-state index contributed by atoms with van der Waals surface area (Å²) in [6, 6.07) is -0.00866. The summed E-state index contributed by atoms with van der Waals surface area (Å²) in [5.74, 6) is 0.663. The molecule has 1 aliphatic heterocycles. The number of hydrogen-bond donors (Lipinski definition) is 2. The summed E-state index contributed by atoms with van der Waals surface area (Å²) in [6.07, 6.45) is 3.27. The number of aromatic nitrogens is 2. The molecule has 1 atom stereocenters. The molecule has 23 heavy (non-hydrogen) atoms. The number of nitrogens with zero attached hydrogens (tertiary/aromatic N) is 2. The molecule has 2 amide bonds. The van der Waals surface area contributed by atoms with Crippen molar-refractivity contribution in [1.82, 2.24) is 20.2 Å². The fourth-order valence-electron chi connectivity index (χ4n) is 1.89. The second kappa shape index (κ2) is 11.5. The van der Waals surface area contributed by atoms with Crippen LogP contribution in [0.15, 0.2) is 6.20 Å². The number of imidazole rings is 1. The number of ether oxygens (including phenoxy) is 1. The molecule has 1 aromatic rings. The van der Waals surface area contributed by atoms with E-state index in [1.54, 1.807) is 11.1 Å². The summed E-state index contributed by atoms with van der Waals surface area (Å²) >= 11 is 0. The summed E-state index contributed by atoms with van der Waals surface area (Å²) in [4.78, 5) is 31.8. The number of methoxy groups -OCH3 is 1. The van der Waals surface area contributed by atoms with Crippen molar-refractivity contribution in [3.8, 4) is 0 Å². The van der Waals surface area contributed by atoms with E-state index in [0.29, 0.717) is 6.54 Å². The fraction of sp³-hybridized carbons (Fsp3) is 0.688. The van der Waals surface area contributed by atoms with Crippen LogP contribution in [0.2, 0.25) is 0 Å². The maximum Gasteiger partial charge on any atom is 0.407 e. The van der Waals surface area contributed by atoms with E-state index in [1.807, 2.05) is 20.8 Å². The smallest absolute Gasteiger partial charge is 0.407 e. The SMILES string of the molecule is CC.CCC.COC(=O)NCC(=O)N1CCC1c1ncc(C)[nH]1. The lowest BCUT2D eigenvalue weighted by Crippen LogP contribution is -2.49. The predicted octanol–water partition coefficient (Wildman–Crippen LogP) is 2.79. The van der Waals surface area contributed by atoms with Gasteiger partial charge in [-0.1, -0.05) is 34.1 Å². The lowest BCUT2D eigenvalue weighted by atomic mass is 10.0. The minimum atomic E-state index is -0.603. The number of carbonyl (C=O) groups is 2. The van der Waals surface area contributed by atoms with E-state index in [2.05, 4.69) is 33.9 Å². The van der Waals surface area contributed by atoms with Crippen molar-refractivity contribution in [1.29, 1.82) is 0 Å². The van der Waals surface area contributed by atoms with Crippen LogP contribution in [0.5, 0.6) is 0 Å². The highest BCUT2D eigenvalue weighted by atomic mass is 16.5. The quantitative estimate of drug-likeness (QED) is 0.894. The topological polar surface area (TPSA) is 87.3 Å². The van der Waals surface area contributed by atoms with Crippen LogP contribution in [0.1, 0.15) is 58.1 Å². The molecule has 2 rings (SSSR count). The lowest BCUT2D eigenvalue weighted by Gasteiger charge is -2.39. The highest BCUT2D eigenvalue weighted by Gasteiger charge is 2.35. The molecule has 7 heteroatoms. The monoisotopic (exact) mass is 326 g/mol. The van der Waals surface area contributed by atoms with E-state index in [4.69, 9.17) is 0 Å². The van der Waals surface area contributed by atoms with Gasteiger partial charge in [0.05, 0.1) is 13.2 Å². The maximum absolute atomic E-state index is 11.9. The Morgan fingerprint density at radius 2 is 2.04 bits per heavy atom. The van der Waals surface area contributed by atoms with Gasteiger partial charge in [-0.3, -0.25) is 4.79 Å². The van der Waals surface area contributed by atoms with E-state index in [0.717, 1.165) is 17.9 Å². The molecule has 1 aromatic heterocycles. The zero-order valence-corrected chi connectivity index (χ0v) is 15.1. The highest BCUT2D eigenvalue weighted by Crippen LogP contribution is 2.30. The number of likely N-dealkylation sites (tertiary alicyclic amines) is 1. The van der Waals surface area contributed by atoms with Gasteiger partial charge in [0, 0.05) is 18.4 Å². The van der Waals surface area contributed by atoms with Crippen LogP contribution < -0.4 is 5.32 Å². The van der Waals surface area contributed by atoms with Gasteiger partial charge in [0.15, 0.2) is 0 Å². The zero-order chi connectivity index (χ0) is 17.8. The van der Waals surface area contributed by atoms with Crippen LogP contribution in [0.25, 0.3) is 0 Å². The zero-order valence-electron chi connectivity index (χ0n) is 15.1. The predicted molar refractivity (Wildman–Crippen MR) is 90.1 cm³/mol. The first-order valence-corrected chi connectivity index (χ1v) is 8.16. The summed E-state index contributed by atoms with van der Waals surface area (Å²) in [7, 11) is 1.26. The van der Waals surface area contributed by atoms with Gasteiger partial charge in [-0.15, -0.1) is 0 Å². The Balaban J connectivity index is 0.000000868. The summed E-state index contributed by atoms with van der Waals surface area (Å²) in [5.41, 5.74) is 0.969. The third-order valence-electron chi connectivity index (χ3n) is 2.95. The average Bonchev–Trinajstić information content (AvgIpc) is 2.92. The van der Waals surface area contributed by atoms with Gasteiger partial charge in [0.1, 0.15) is 12.4 Å². The highest BCUT2D eigenvalue weighted by molar-refractivity contribution is 5.83. The molecule has 0 spiro atoms. The molecule has 0 bridgehead atoms. The van der Waals surface area contributed by atoms with Gasteiger partial charge < -0.3 is 19.9 Å². The second-order valence-electron chi connectivity index (χ2n) is 4.90. The lowest BCUT2D eigenvalue weighted by molar-refractivity contribution is -0.138. The van der Waals surface area contributed by atoms with Crippen molar-refractivity contribution in [2.75, 3.05) is 20.2 Å². The standard InChI is InChI=1S/C11H16N4O3.C3H8.C2H6/c1-7-5-12-10(14-7)8-3-4-15(8)9(16)6-13-11(17)18-2;1-3-2;1-2/h5,8H,3-4,6H2,1-2H3,(H,12,14)(H,13,17);3H2,1-2H3;1-2H3. The number of hydrogen-bond acceptors (Lipinski definition) is 4. The molecule has 0 radical (unpaired) electrons. The van der Waals surface area contributed by atoms with Crippen LogP contribution in [0.4, 0.5) is 4.79 Å². The Labute approximate surface area is 138 Å². The Bertz CT molecular complexity index is 474. The minimum absolute atomic E-state index is 0.00866. The summed E-state index contributed by atoms with van der Waals surface area (Å²) in [5, 5.41) is 2.38. The Hall–Kier alpha value is -2.05. The maximum atomic E-state index is 11.9. The van der Waals surface area contributed by atoms with Gasteiger partial charge >= 0.3 is 6.09 Å². The van der Waals surface area contributed by atoms with Crippen molar-refractivity contribution in [2.45, 2.75) is 53.5 Å². The number of H-pyrrole nitrogens is 1. The molecule has 132 valence electrons. The normalized spacial score (nSPS) is 15.2. The van der Waals surface area contributed by atoms with Crippen molar-refractivity contribution in [2.24, 2.45) is 0 Å². The van der Waals surface area contributed by atoms with Crippen molar-refractivity contribution < 1.29 is 14.3 Å². The first-order valence-electron chi connectivity index (χ1n) is 8.16. The van der Waals surface area contributed by atoms with Gasteiger partial charge in [-0.25, -0.2) is 9.78 Å². The van der Waals surface area contributed by atoms with Crippen molar-refractivity contribution >= 4 is 12.0 Å². The van der Waals surface area contributed by atoms with Gasteiger partial charge in [-0.05, 0) is 13.3 Å². The molecule has 2 N–H and O–H groups in total. The number of alkyl carbamates (subject to hydrolysis) is 1. The molecule has 1 aliphatic rings. The molecule has 1 unspecified atom stereocenters. The van der Waals surface area contributed by atoms with Crippen molar-refractivity contribution in [3.63, 3.8) is 0 Å². The molecule has 1 fully saturated rings. The van der Waals surface area contributed by atoms with Crippen molar-refractivity contribution in [3.05, 3.63) is 17.7 Å². The third kappa shape index (κ3) is 6.71. The summed E-state index contributed by atoms with van der Waals surface area (Å²) in [6.45, 7) is 10.8. The van der Waals surface area contributed by atoms with Gasteiger partial charge in [0.2, 0.25) is 5.91 Å².